The number of rotatable bonds is 6. The summed E-state index contributed by atoms with van der Waals surface area (Å²) in [6, 6.07) is 14.5. The second kappa shape index (κ2) is 7.81. The van der Waals surface area contributed by atoms with E-state index in [4.69, 9.17) is 0 Å². The van der Waals surface area contributed by atoms with Gasteiger partial charge in [-0.2, -0.15) is 0 Å². The van der Waals surface area contributed by atoms with Crippen molar-refractivity contribution in [1.82, 2.24) is 15.6 Å². The molecular formula is C19H24N4O. The van der Waals surface area contributed by atoms with Gasteiger partial charge in [0, 0.05) is 49.7 Å². The van der Waals surface area contributed by atoms with Crippen LogP contribution >= 0.6 is 0 Å². The van der Waals surface area contributed by atoms with Gasteiger partial charge in [-0.15, -0.1) is 0 Å². The molecule has 0 spiro atoms. The van der Waals surface area contributed by atoms with E-state index >= 15 is 0 Å². The lowest BCUT2D eigenvalue weighted by Gasteiger charge is -2.27. The van der Waals surface area contributed by atoms with Gasteiger partial charge in [-0.1, -0.05) is 24.3 Å². The second-order valence-electron chi connectivity index (χ2n) is 6.13. The molecule has 0 unspecified atom stereocenters. The summed E-state index contributed by atoms with van der Waals surface area (Å²) in [7, 11) is 0. The number of carbonyl (C=O) groups is 1. The van der Waals surface area contributed by atoms with Crippen molar-refractivity contribution in [2.75, 3.05) is 24.5 Å². The summed E-state index contributed by atoms with van der Waals surface area (Å²) in [6.45, 7) is 4.38. The molecule has 0 saturated heterocycles. The quantitative estimate of drug-likeness (QED) is 0.858. The van der Waals surface area contributed by atoms with Crippen molar-refractivity contribution in [2.45, 2.75) is 25.8 Å². The average Bonchev–Trinajstić information content (AvgIpc) is 3.05. The minimum atomic E-state index is -0.120. The predicted molar refractivity (Wildman–Crippen MR) is 96.3 cm³/mol. The Balaban J connectivity index is 1.40. The summed E-state index contributed by atoms with van der Waals surface area (Å²) >= 11 is 0. The minimum absolute atomic E-state index is 0.120. The highest BCUT2D eigenvalue weighted by Crippen LogP contribution is 2.28. The van der Waals surface area contributed by atoms with Crippen LogP contribution in [0.3, 0.4) is 0 Å². The number of fused-ring (bicyclic) bond motifs is 1. The lowest BCUT2D eigenvalue weighted by atomic mass is 10.2. The zero-order valence-electron chi connectivity index (χ0n) is 14.0. The van der Waals surface area contributed by atoms with Crippen molar-refractivity contribution >= 4 is 11.7 Å². The first-order valence-corrected chi connectivity index (χ1v) is 8.50. The Morgan fingerprint density at radius 1 is 1.21 bits per heavy atom. The van der Waals surface area contributed by atoms with E-state index in [2.05, 4.69) is 51.7 Å². The number of urea groups is 1. The first kappa shape index (κ1) is 16.3. The number of aromatic nitrogens is 1. The van der Waals surface area contributed by atoms with E-state index < -0.39 is 0 Å². The summed E-state index contributed by atoms with van der Waals surface area (Å²) < 4.78 is 0. The molecule has 0 bridgehead atoms. The number of pyridine rings is 1. The molecule has 126 valence electrons. The van der Waals surface area contributed by atoms with Gasteiger partial charge in [0.15, 0.2) is 0 Å². The molecule has 2 heterocycles. The standard InChI is InChI=1S/C19H24N4O/c1-15(23-13-10-16-6-2-3-8-18(16)23)14-22-19(24)21-12-9-17-7-4-5-11-20-17/h2-8,11,15H,9-10,12-14H2,1H3,(H2,21,22,24)/t15-/m0/s1. The van der Waals surface area contributed by atoms with E-state index in [-0.39, 0.29) is 12.1 Å². The van der Waals surface area contributed by atoms with Crippen LogP contribution in [-0.4, -0.2) is 36.7 Å². The number of anilines is 1. The maximum absolute atomic E-state index is 11.9. The Kier molecular flexibility index (Phi) is 5.31. The van der Waals surface area contributed by atoms with E-state index in [1.807, 2.05) is 18.2 Å². The van der Waals surface area contributed by atoms with Crippen molar-refractivity contribution in [3.8, 4) is 0 Å². The van der Waals surface area contributed by atoms with Gasteiger partial charge in [0.2, 0.25) is 0 Å². The van der Waals surface area contributed by atoms with E-state index in [0.717, 1.165) is 25.1 Å². The van der Waals surface area contributed by atoms with Crippen LogP contribution in [0.1, 0.15) is 18.2 Å². The number of carbonyl (C=O) groups excluding carboxylic acids is 1. The highest BCUT2D eigenvalue weighted by molar-refractivity contribution is 5.74. The number of nitrogens with one attached hydrogen (secondary N) is 2. The molecule has 0 fully saturated rings. The molecule has 24 heavy (non-hydrogen) atoms. The SMILES string of the molecule is C[C@@H](CNC(=O)NCCc1ccccn1)N1CCc2ccccc21. The maximum Gasteiger partial charge on any atom is 0.314 e. The molecule has 0 saturated carbocycles. The maximum atomic E-state index is 11.9. The molecule has 1 aliphatic rings. The third-order valence-electron chi connectivity index (χ3n) is 4.41. The molecule has 1 aromatic carbocycles. The van der Waals surface area contributed by atoms with Gasteiger partial charge in [-0.25, -0.2) is 4.79 Å². The largest absolute Gasteiger partial charge is 0.366 e. The molecule has 2 N–H and O–H groups in total. The monoisotopic (exact) mass is 324 g/mol. The number of hydrogen-bond donors (Lipinski definition) is 2. The van der Waals surface area contributed by atoms with Gasteiger partial charge in [0.05, 0.1) is 0 Å². The van der Waals surface area contributed by atoms with Crippen LogP contribution in [0.15, 0.2) is 48.7 Å². The zero-order chi connectivity index (χ0) is 16.8. The van der Waals surface area contributed by atoms with Gasteiger partial charge < -0.3 is 15.5 Å². The van der Waals surface area contributed by atoms with Crippen LogP contribution in [0.4, 0.5) is 10.5 Å². The molecule has 2 aromatic rings. The van der Waals surface area contributed by atoms with Gasteiger partial charge in [0.1, 0.15) is 0 Å². The summed E-state index contributed by atoms with van der Waals surface area (Å²) in [4.78, 5) is 18.5. The zero-order valence-corrected chi connectivity index (χ0v) is 14.0. The van der Waals surface area contributed by atoms with Gasteiger partial charge in [-0.05, 0) is 37.1 Å². The topological polar surface area (TPSA) is 57.3 Å². The number of nitrogens with zero attached hydrogens (tertiary/aromatic N) is 2. The predicted octanol–water partition coefficient (Wildman–Crippen LogP) is 2.37. The van der Waals surface area contributed by atoms with Crippen molar-refractivity contribution in [2.24, 2.45) is 0 Å². The van der Waals surface area contributed by atoms with Crippen molar-refractivity contribution in [1.29, 1.82) is 0 Å². The molecule has 1 aliphatic heterocycles. The molecular weight excluding hydrogens is 300 g/mol. The molecule has 5 heteroatoms. The molecule has 3 rings (SSSR count). The lowest BCUT2D eigenvalue weighted by Crippen LogP contribution is -2.45. The van der Waals surface area contributed by atoms with Crippen LogP contribution < -0.4 is 15.5 Å². The Bertz CT molecular complexity index is 674. The highest BCUT2D eigenvalue weighted by atomic mass is 16.2. The third-order valence-corrected chi connectivity index (χ3v) is 4.41. The Labute approximate surface area is 143 Å². The molecule has 0 aliphatic carbocycles. The van der Waals surface area contributed by atoms with Crippen molar-refractivity contribution in [3.63, 3.8) is 0 Å². The van der Waals surface area contributed by atoms with Crippen LogP contribution in [0.25, 0.3) is 0 Å². The Morgan fingerprint density at radius 2 is 2.04 bits per heavy atom. The highest BCUT2D eigenvalue weighted by Gasteiger charge is 2.22. The Hall–Kier alpha value is -2.56. The summed E-state index contributed by atoms with van der Waals surface area (Å²) in [5.41, 5.74) is 3.67. The van der Waals surface area contributed by atoms with E-state index in [9.17, 15) is 4.79 Å². The Morgan fingerprint density at radius 3 is 2.88 bits per heavy atom. The van der Waals surface area contributed by atoms with Crippen molar-refractivity contribution in [3.05, 3.63) is 59.9 Å². The van der Waals surface area contributed by atoms with Crippen molar-refractivity contribution < 1.29 is 4.79 Å². The van der Waals surface area contributed by atoms with Crippen LogP contribution in [0, 0.1) is 0 Å². The van der Waals surface area contributed by atoms with Gasteiger partial charge in [-0.3, -0.25) is 4.98 Å². The van der Waals surface area contributed by atoms with Gasteiger partial charge in [0.25, 0.3) is 0 Å². The van der Waals surface area contributed by atoms with Gasteiger partial charge >= 0.3 is 6.03 Å². The minimum Gasteiger partial charge on any atom is -0.366 e. The normalized spacial score (nSPS) is 14.1. The first-order chi connectivity index (χ1) is 11.7. The molecule has 1 aromatic heterocycles. The van der Waals surface area contributed by atoms with E-state index in [0.29, 0.717) is 13.1 Å². The summed E-state index contributed by atoms with van der Waals surface area (Å²) in [6.07, 6.45) is 3.59. The number of amides is 2. The molecule has 2 amide bonds. The van der Waals surface area contributed by atoms with E-state index in [1.54, 1.807) is 6.20 Å². The van der Waals surface area contributed by atoms with E-state index in [1.165, 1.54) is 11.3 Å². The van der Waals surface area contributed by atoms with Crippen LogP contribution in [0.2, 0.25) is 0 Å². The fourth-order valence-electron chi connectivity index (χ4n) is 3.08. The second-order valence-corrected chi connectivity index (χ2v) is 6.13. The summed E-state index contributed by atoms with van der Waals surface area (Å²) in [5, 5.41) is 5.85. The number of benzene rings is 1. The molecule has 5 nitrogen and oxygen atoms in total. The first-order valence-electron chi connectivity index (χ1n) is 8.50. The smallest absolute Gasteiger partial charge is 0.314 e. The van der Waals surface area contributed by atoms with Crippen LogP contribution in [0.5, 0.6) is 0 Å². The lowest BCUT2D eigenvalue weighted by molar-refractivity contribution is 0.240. The molecule has 0 radical (unpaired) electrons. The summed E-state index contributed by atoms with van der Waals surface area (Å²) in [5.74, 6) is 0. The molecule has 1 atom stereocenters. The fraction of sp³-hybridized carbons (Fsp3) is 0.368. The number of para-hydroxylation sites is 1. The third kappa shape index (κ3) is 4.04. The average molecular weight is 324 g/mol. The number of hydrogen-bond acceptors (Lipinski definition) is 3. The van der Waals surface area contributed by atoms with Crippen LogP contribution in [-0.2, 0) is 12.8 Å². The fourth-order valence-corrected chi connectivity index (χ4v) is 3.08.